The van der Waals surface area contributed by atoms with E-state index >= 15 is 0 Å². The van der Waals surface area contributed by atoms with Crippen molar-refractivity contribution in [3.8, 4) is 5.69 Å². The monoisotopic (exact) mass is 464 g/mol. The third kappa shape index (κ3) is 5.78. The lowest BCUT2D eigenvalue weighted by atomic mass is 10.0. The second-order valence-electron chi connectivity index (χ2n) is 8.04. The number of hydrogen-bond acceptors (Lipinski definition) is 6. The molecule has 0 radical (unpaired) electrons. The minimum absolute atomic E-state index is 0.00445. The lowest BCUT2D eigenvalue weighted by molar-refractivity contribution is -0.122. The molecule has 2 amide bonds. The fourth-order valence-corrected chi connectivity index (χ4v) is 4.90. The van der Waals surface area contributed by atoms with E-state index in [0.29, 0.717) is 36.7 Å². The van der Waals surface area contributed by atoms with E-state index in [1.807, 2.05) is 66.4 Å². The number of para-hydroxylation sites is 1. The first-order valence-electron chi connectivity index (χ1n) is 11.3. The Labute approximate surface area is 197 Å². The maximum atomic E-state index is 13.4. The number of likely N-dealkylation sites (tertiary alicyclic amines) is 1. The Morgan fingerprint density at radius 1 is 1.12 bits per heavy atom. The van der Waals surface area contributed by atoms with Gasteiger partial charge in [0, 0.05) is 30.4 Å². The van der Waals surface area contributed by atoms with Crippen LogP contribution in [0.1, 0.15) is 48.8 Å². The van der Waals surface area contributed by atoms with E-state index < -0.39 is 0 Å². The summed E-state index contributed by atoms with van der Waals surface area (Å²) < 4.78 is 1.71. The van der Waals surface area contributed by atoms with Gasteiger partial charge in [0.25, 0.3) is 5.91 Å². The number of piperidine rings is 1. The second kappa shape index (κ2) is 11.1. The van der Waals surface area contributed by atoms with Crippen molar-refractivity contribution in [3.05, 3.63) is 66.0 Å². The summed E-state index contributed by atoms with van der Waals surface area (Å²) in [6.45, 7) is 3.23. The molecular formula is C24H28N6O2S. The number of nitrogens with zero attached hydrogens (tertiary/aromatic N) is 5. The third-order valence-corrected chi connectivity index (χ3v) is 6.63. The van der Waals surface area contributed by atoms with E-state index in [9.17, 15) is 9.59 Å². The Bertz CT molecular complexity index is 1090. The Balaban J connectivity index is 1.44. The number of hydrogen-bond donors (Lipinski definition) is 1. The molecule has 1 atom stereocenters. The maximum Gasteiger partial charge on any atom is 0.255 e. The molecule has 1 saturated heterocycles. The molecule has 1 aliphatic heterocycles. The summed E-state index contributed by atoms with van der Waals surface area (Å²) in [6, 6.07) is 17.4. The molecule has 4 rings (SSSR count). The van der Waals surface area contributed by atoms with Crippen LogP contribution in [0.3, 0.4) is 0 Å². The smallest absolute Gasteiger partial charge is 0.255 e. The Hall–Kier alpha value is -3.20. The topological polar surface area (TPSA) is 93.0 Å². The number of tetrazole rings is 1. The molecular weight excluding hydrogens is 436 g/mol. The molecule has 1 unspecified atom stereocenters. The summed E-state index contributed by atoms with van der Waals surface area (Å²) in [5.74, 6) is 1.30. The summed E-state index contributed by atoms with van der Waals surface area (Å²) in [5, 5.41) is 15.2. The second-order valence-corrected chi connectivity index (χ2v) is 9.05. The summed E-state index contributed by atoms with van der Waals surface area (Å²) in [5.41, 5.74) is 1.56. The van der Waals surface area contributed by atoms with Crippen molar-refractivity contribution in [2.45, 2.75) is 49.3 Å². The normalized spacial score (nSPS) is 15.9. The van der Waals surface area contributed by atoms with Gasteiger partial charge in [0.2, 0.25) is 5.91 Å². The van der Waals surface area contributed by atoms with Gasteiger partial charge in [-0.3, -0.25) is 9.59 Å². The van der Waals surface area contributed by atoms with Gasteiger partial charge in [0.1, 0.15) is 0 Å². The maximum absolute atomic E-state index is 13.4. The van der Waals surface area contributed by atoms with Gasteiger partial charge in [-0.15, -0.1) is 16.9 Å². The molecule has 172 valence electrons. The Morgan fingerprint density at radius 3 is 2.73 bits per heavy atom. The number of carbonyl (C=O) groups is 2. The zero-order valence-corrected chi connectivity index (χ0v) is 19.5. The lowest BCUT2D eigenvalue weighted by Crippen LogP contribution is -2.49. The van der Waals surface area contributed by atoms with Crippen LogP contribution >= 0.6 is 11.8 Å². The van der Waals surface area contributed by atoms with Gasteiger partial charge < -0.3 is 10.2 Å². The van der Waals surface area contributed by atoms with Gasteiger partial charge in [0.05, 0.1) is 17.0 Å². The first-order chi connectivity index (χ1) is 16.2. The molecule has 8 nitrogen and oxygen atoms in total. The van der Waals surface area contributed by atoms with Crippen molar-refractivity contribution in [1.29, 1.82) is 0 Å². The van der Waals surface area contributed by atoms with Gasteiger partial charge in [-0.1, -0.05) is 37.3 Å². The van der Waals surface area contributed by atoms with Crippen LogP contribution in [0.4, 0.5) is 0 Å². The summed E-state index contributed by atoms with van der Waals surface area (Å²) in [6.07, 6.45) is 3.12. The van der Waals surface area contributed by atoms with Gasteiger partial charge in [0.15, 0.2) is 5.82 Å². The first kappa shape index (κ1) is 23.0. The lowest BCUT2D eigenvalue weighted by Gasteiger charge is -2.33. The third-order valence-electron chi connectivity index (χ3n) is 5.56. The molecule has 1 aliphatic rings. The Morgan fingerprint density at radius 2 is 1.91 bits per heavy atom. The van der Waals surface area contributed by atoms with Gasteiger partial charge in [-0.25, -0.2) is 0 Å². The number of benzene rings is 2. The quantitative estimate of drug-likeness (QED) is 0.513. The minimum Gasteiger partial charge on any atom is -0.352 e. The van der Waals surface area contributed by atoms with Crippen molar-refractivity contribution in [2.24, 2.45) is 0 Å². The number of carbonyl (C=O) groups excluding carboxylic acids is 2. The summed E-state index contributed by atoms with van der Waals surface area (Å²) in [4.78, 5) is 28.1. The molecule has 0 bridgehead atoms. The first-order valence-corrected chi connectivity index (χ1v) is 12.3. The number of thioether (sulfide) groups is 1. The fraction of sp³-hybridized carbons (Fsp3) is 0.375. The van der Waals surface area contributed by atoms with Gasteiger partial charge in [-0.2, -0.15) is 4.68 Å². The van der Waals surface area contributed by atoms with E-state index in [2.05, 4.69) is 20.8 Å². The van der Waals surface area contributed by atoms with Crippen LogP contribution in [0.15, 0.2) is 59.5 Å². The van der Waals surface area contributed by atoms with Crippen molar-refractivity contribution in [3.63, 3.8) is 0 Å². The largest absolute Gasteiger partial charge is 0.352 e. The average molecular weight is 465 g/mol. The predicted octanol–water partition coefficient (Wildman–Crippen LogP) is 3.48. The zero-order chi connectivity index (χ0) is 23.0. The minimum atomic E-state index is -0.00445. The number of nitrogens with one attached hydrogen (secondary N) is 1. The SMILES string of the molecule is CCCC(=O)NC1CCCN(C(=O)c2ccccc2SCc2nnnn2-c2ccccc2)C1. The zero-order valence-electron chi connectivity index (χ0n) is 18.7. The highest BCUT2D eigenvalue weighted by Gasteiger charge is 2.26. The van der Waals surface area contributed by atoms with Gasteiger partial charge >= 0.3 is 0 Å². The van der Waals surface area contributed by atoms with E-state index in [-0.39, 0.29) is 17.9 Å². The van der Waals surface area contributed by atoms with Crippen LogP contribution < -0.4 is 5.32 Å². The summed E-state index contributed by atoms with van der Waals surface area (Å²) in [7, 11) is 0. The predicted molar refractivity (Wildman–Crippen MR) is 127 cm³/mol. The molecule has 33 heavy (non-hydrogen) atoms. The van der Waals surface area contributed by atoms with Gasteiger partial charge in [-0.05, 0) is 54.0 Å². The molecule has 2 aromatic carbocycles. The molecule has 9 heteroatoms. The van der Waals surface area contributed by atoms with Crippen molar-refractivity contribution in [1.82, 2.24) is 30.4 Å². The highest BCUT2D eigenvalue weighted by atomic mass is 32.2. The average Bonchev–Trinajstić information content (AvgIpc) is 3.32. The fourth-order valence-electron chi connectivity index (χ4n) is 3.95. The van der Waals surface area contributed by atoms with Crippen LogP contribution in [0, 0.1) is 0 Å². The molecule has 0 aliphatic carbocycles. The highest BCUT2D eigenvalue weighted by molar-refractivity contribution is 7.98. The summed E-state index contributed by atoms with van der Waals surface area (Å²) >= 11 is 1.54. The number of aromatic nitrogens is 4. The molecule has 1 fully saturated rings. The highest BCUT2D eigenvalue weighted by Crippen LogP contribution is 2.28. The molecule has 2 heterocycles. The number of rotatable bonds is 8. The number of amides is 2. The van der Waals surface area contributed by atoms with Crippen LogP contribution in [0.2, 0.25) is 0 Å². The van der Waals surface area contributed by atoms with Crippen LogP contribution in [0.25, 0.3) is 5.69 Å². The van der Waals surface area contributed by atoms with Crippen LogP contribution in [-0.2, 0) is 10.5 Å². The van der Waals surface area contributed by atoms with Crippen molar-refractivity contribution in [2.75, 3.05) is 13.1 Å². The van der Waals surface area contributed by atoms with E-state index in [1.165, 1.54) is 0 Å². The van der Waals surface area contributed by atoms with E-state index in [1.54, 1.807) is 16.4 Å². The molecule has 1 N–H and O–H groups in total. The van der Waals surface area contributed by atoms with Crippen molar-refractivity contribution < 1.29 is 9.59 Å². The molecule has 0 spiro atoms. The molecule has 0 saturated carbocycles. The van der Waals surface area contributed by atoms with E-state index in [0.717, 1.165) is 29.8 Å². The Kier molecular flexibility index (Phi) is 7.72. The molecule has 1 aromatic heterocycles. The van der Waals surface area contributed by atoms with E-state index in [4.69, 9.17) is 0 Å². The molecule has 3 aromatic rings. The van der Waals surface area contributed by atoms with Crippen LogP contribution in [-0.4, -0.2) is 56.1 Å². The van der Waals surface area contributed by atoms with Crippen molar-refractivity contribution >= 4 is 23.6 Å². The van der Waals surface area contributed by atoms with Crippen LogP contribution in [0.5, 0.6) is 0 Å². The standard InChI is InChI=1S/C24H28N6O2S/c1-2-9-23(31)25-18-10-8-15-29(16-18)24(32)20-13-6-7-14-21(20)33-17-22-26-27-28-30(22)19-11-4-3-5-12-19/h3-7,11-14,18H,2,8-10,15-17H2,1H3,(H,25,31).